The monoisotopic (exact) mass is 402 g/mol. The van der Waals surface area contributed by atoms with Crippen molar-refractivity contribution in [3.8, 4) is 0 Å². The molecule has 0 bridgehead atoms. The fourth-order valence-corrected chi connectivity index (χ4v) is 5.58. The van der Waals surface area contributed by atoms with Crippen molar-refractivity contribution < 1.29 is 13.2 Å². The number of hydrogen-bond donors (Lipinski definition) is 1. The van der Waals surface area contributed by atoms with Crippen molar-refractivity contribution in [2.45, 2.75) is 43.4 Å². The molecule has 2 aromatic rings. The number of aromatic nitrogens is 2. The lowest BCUT2D eigenvalue weighted by Gasteiger charge is -2.31. The number of nitrogens with one attached hydrogen (secondary N) is 1. The van der Waals surface area contributed by atoms with Crippen LogP contribution in [0.15, 0.2) is 35.4 Å². The van der Waals surface area contributed by atoms with E-state index in [0.29, 0.717) is 36.4 Å². The van der Waals surface area contributed by atoms with Crippen LogP contribution in [0.2, 0.25) is 0 Å². The number of aryl methyl sites for hydroxylation is 1. The van der Waals surface area contributed by atoms with Gasteiger partial charge in [-0.1, -0.05) is 17.7 Å². The average Bonchev–Trinajstić information content (AvgIpc) is 3.40. The van der Waals surface area contributed by atoms with Gasteiger partial charge in [0.15, 0.2) is 0 Å². The molecule has 1 N–H and O–H groups in total. The zero-order valence-electron chi connectivity index (χ0n) is 16.1. The van der Waals surface area contributed by atoms with Crippen molar-refractivity contribution in [3.63, 3.8) is 0 Å². The number of carbonyl (C=O) groups is 1. The average molecular weight is 403 g/mol. The molecule has 0 aliphatic carbocycles. The molecule has 3 heterocycles. The number of amides is 1. The van der Waals surface area contributed by atoms with E-state index in [4.69, 9.17) is 0 Å². The van der Waals surface area contributed by atoms with Crippen molar-refractivity contribution >= 4 is 15.9 Å². The Hall–Kier alpha value is -2.19. The fourth-order valence-electron chi connectivity index (χ4n) is 4.11. The molecule has 4 rings (SSSR count). The van der Waals surface area contributed by atoms with Gasteiger partial charge in [0.25, 0.3) is 5.91 Å². The van der Waals surface area contributed by atoms with E-state index >= 15 is 0 Å². The number of rotatable bonds is 4. The molecule has 2 aliphatic heterocycles. The summed E-state index contributed by atoms with van der Waals surface area (Å²) < 4.78 is 27.3. The molecule has 0 atom stereocenters. The van der Waals surface area contributed by atoms with E-state index in [1.807, 2.05) is 24.0 Å². The predicted molar refractivity (Wildman–Crippen MR) is 106 cm³/mol. The minimum absolute atomic E-state index is 0.0379. The van der Waals surface area contributed by atoms with E-state index in [2.05, 4.69) is 10.2 Å². The quantitative estimate of drug-likeness (QED) is 0.851. The Morgan fingerprint density at radius 1 is 1.07 bits per heavy atom. The van der Waals surface area contributed by atoms with Crippen LogP contribution in [0.1, 0.15) is 53.2 Å². The molecule has 1 aromatic carbocycles. The third-order valence-electron chi connectivity index (χ3n) is 5.81. The molecule has 8 heteroatoms. The molecule has 0 spiro atoms. The Kier molecular flexibility index (Phi) is 5.25. The van der Waals surface area contributed by atoms with E-state index in [1.165, 1.54) is 0 Å². The number of aromatic amines is 1. The zero-order valence-corrected chi connectivity index (χ0v) is 16.9. The minimum Gasteiger partial charge on any atom is -0.339 e. The van der Waals surface area contributed by atoms with Crippen LogP contribution in [0.4, 0.5) is 0 Å². The second-order valence-electron chi connectivity index (χ2n) is 7.69. The first-order chi connectivity index (χ1) is 13.5. The molecule has 0 unspecified atom stereocenters. The van der Waals surface area contributed by atoms with Crippen LogP contribution >= 0.6 is 0 Å². The summed E-state index contributed by atoms with van der Waals surface area (Å²) >= 11 is 0. The molecular formula is C20H26N4O3S. The fraction of sp³-hybridized carbons (Fsp3) is 0.500. The number of likely N-dealkylation sites (tertiary alicyclic amines) is 1. The van der Waals surface area contributed by atoms with Crippen molar-refractivity contribution in [1.82, 2.24) is 19.4 Å². The van der Waals surface area contributed by atoms with Crippen LogP contribution in [0.5, 0.6) is 0 Å². The second-order valence-corrected chi connectivity index (χ2v) is 9.63. The summed E-state index contributed by atoms with van der Waals surface area (Å²) in [6.07, 6.45) is 5.06. The van der Waals surface area contributed by atoms with Gasteiger partial charge in [0.2, 0.25) is 10.0 Å². The van der Waals surface area contributed by atoms with Gasteiger partial charge in [-0.2, -0.15) is 9.40 Å². The van der Waals surface area contributed by atoms with Gasteiger partial charge in [0.05, 0.1) is 22.3 Å². The Balaban J connectivity index is 1.46. The number of hydrogen-bond acceptors (Lipinski definition) is 4. The second kappa shape index (κ2) is 7.67. The molecule has 7 nitrogen and oxygen atoms in total. The smallest absolute Gasteiger partial charge is 0.257 e. The summed E-state index contributed by atoms with van der Waals surface area (Å²) in [6.45, 7) is 4.43. The maximum absolute atomic E-state index is 12.9. The van der Waals surface area contributed by atoms with E-state index in [1.54, 1.807) is 22.6 Å². The number of sulfonamides is 1. The van der Waals surface area contributed by atoms with Crippen molar-refractivity contribution in [1.29, 1.82) is 0 Å². The predicted octanol–water partition coefficient (Wildman–Crippen LogP) is 2.52. The molecule has 0 saturated carbocycles. The maximum Gasteiger partial charge on any atom is 0.257 e. The van der Waals surface area contributed by atoms with Crippen LogP contribution < -0.4 is 0 Å². The molecule has 28 heavy (non-hydrogen) atoms. The summed E-state index contributed by atoms with van der Waals surface area (Å²) in [7, 11) is -3.48. The minimum atomic E-state index is -3.48. The van der Waals surface area contributed by atoms with E-state index in [9.17, 15) is 13.2 Å². The number of piperidine rings is 1. The number of H-pyrrole nitrogens is 1. The third kappa shape index (κ3) is 3.58. The van der Waals surface area contributed by atoms with Crippen LogP contribution in [0.3, 0.4) is 0 Å². The van der Waals surface area contributed by atoms with Gasteiger partial charge in [-0.05, 0) is 44.7 Å². The van der Waals surface area contributed by atoms with Gasteiger partial charge in [-0.25, -0.2) is 8.42 Å². The van der Waals surface area contributed by atoms with Crippen LogP contribution in [-0.4, -0.2) is 59.9 Å². The van der Waals surface area contributed by atoms with Gasteiger partial charge in [-0.3, -0.25) is 9.89 Å². The lowest BCUT2D eigenvalue weighted by Crippen LogP contribution is -2.38. The number of benzene rings is 1. The highest BCUT2D eigenvalue weighted by molar-refractivity contribution is 7.89. The normalized spacial score (nSPS) is 19.2. The first-order valence-corrected chi connectivity index (χ1v) is 11.3. The van der Waals surface area contributed by atoms with Gasteiger partial charge < -0.3 is 4.90 Å². The summed E-state index contributed by atoms with van der Waals surface area (Å²) in [5, 5.41) is 7.11. The molecule has 1 amide bonds. The highest BCUT2D eigenvalue weighted by Crippen LogP contribution is 2.32. The van der Waals surface area contributed by atoms with Gasteiger partial charge in [0, 0.05) is 32.1 Å². The van der Waals surface area contributed by atoms with E-state index in [0.717, 1.165) is 37.2 Å². The molecule has 2 fully saturated rings. The summed E-state index contributed by atoms with van der Waals surface area (Å²) in [5.74, 6) is 0.157. The van der Waals surface area contributed by atoms with E-state index in [-0.39, 0.29) is 11.8 Å². The first-order valence-electron chi connectivity index (χ1n) is 9.86. The molecule has 2 aliphatic rings. The molecule has 1 aromatic heterocycles. The molecule has 150 valence electrons. The van der Waals surface area contributed by atoms with Gasteiger partial charge in [-0.15, -0.1) is 0 Å². The summed E-state index contributed by atoms with van der Waals surface area (Å²) in [5.41, 5.74) is 2.53. The van der Waals surface area contributed by atoms with Crippen LogP contribution in [0.25, 0.3) is 0 Å². The van der Waals surface area contributed by atoms with Gasteiger partial charge >= 0.3 is 0 Å². The van der Waals surface area contributed by atoms with Crippen LogP contribution in [0, 0.1) is 6.92 Å². The summed E-state index contributed by atoms with van der Waals surface area (Å²) in [4.78, 5) is 15.0. The highest BCUT2D eigenvalue weighted by Gasteiger charge is 2.33. The standard InChI is InChI=1S/C20H26N4O3S/c1-15-4-6-17(7-5-15)28(26,27)24-12-8-16(9-13-24)19-18(14-21-22-19)20(25)23-10-2-3-11-23/h4-7,14,16H,2-3,8-13H2,1H3,(H,21,22). The lowest BCUT2D eigenvalue weighted by molar-refractivity contribution is 0.0790. The summed E-state index contributed by atoms with van der Waals surface area (Å²) in [6, 6.07) is 6.97. The number of nitrogens with zero attached hydrogens (tertiary/aromatic N) is 3. The Morgan fingerprint density at radius 3 is 2.36 bits per heavy atom. The van der Waals surface area contributed by atoms with Gasteiger partial charge in [0.1, 0.15) is 0 Å². The van der Waals surface area contributed by atoms with Crippen molar-refractivity contribution in [2.24, 2.45) is 0 Å². The topological polar surface area (TPSA) is 86.4 Å². The number of carbonyl (C=O) groups excluding carboxylic acids is 1. The third-order valence-corrected chi connectivity index (χ3v) is 7.73. The molecule has 2 saturated heterocycles. The van der Waals surface area contributed by atoms with Crippen LogP contribution in [-0.2, 0) is 10.0 Å². The lowest BCUT2D eigenvalue weighted by atomic mass is 9.92. The zero-order chi connectivity index (χ0) is 19.7. The van der Waals surface area contributed by atoms with E-state index < -0.39 is 10.0 Å². The maximum atomic E-state index is 12.9. The Morgan fingerprint density at radius 2 is 1.71 bits per heavy atom. The Bertz CT molecular complexity index is 938. The molecule has 0 radical (unpaired) electrons. The SMILES string of the molecule is Cc1ccc(S(=O)(=O)N2CCC(c3[nH]ncc3C(=O)N3CCCC3)CC2)cc1. The Labute approximate surface area is 165 Å². The highest BCUT2D eigenvalue weighted by atomic mass is 32.2. The molecular weight excluding hydrogens is 376 g/mol. The van der Waals surface area contributed by atoms with Crippen molar-refractivity contribution in [3.05, 3.63) is 47.3 Å². The largest absolute Gasteiger partial charge is 0.339 e. The first kappa shape index (κ1) is 19.1. The van der Waals surface area contributed by atoms with Crippen molar-refractivity contribution in [2.75, 3.05) is 26.2 Å².